The number of hydrogen-bond acceptors (Lipinski definition) is 4. The molecule has 0 saturated heterocycles. The fourth-order valence-corrected chi connectivity index (χ4v) is 2.06. The molecule has 0 aromatic heterocycles. The van der Waals surface area contributed by atoms with Crippen LogP contribution in [0, 0.1) is 0 Å². The molecule has 1 aromatic rings. The third kappa shape index (κ3) is 4.39. The highest BCUT2D eigenvalue weighted by Crippen LogP contribution is 2.33. The van der Waals surface area contributed by atoms with E-state index in [0.29, 0.717) is 0 Å². The zero-order chi connectivity index (χ0) is 18.5. The van der Waals surface area contributed by atoms with E-state index in [9.17, 15) is 22.8 Å². The number of anilines is 1. The van der Waals surface area contributed by atoms with Crippen LogP contribution in [0.25, 0.3) is 0 Å². The maximum Gasteiger partial charge on any atom is 0.441 e. The van der Waals surface area contributed by atoms with Gasteiger partial charge in [0.2, 0.25) is 5.91 Å². The van der Waals surface area contributed by atoms with Crippen LogP contribution in [-0.2, 0) is 14.3 Å². The number of carbonyl (C=O) groups excluding carboxylic acids is 2. The van der Waals surface area contributed by atoms with Gasteiger partial charge in [-0.25, -0.2) is 4.79 Å². The molecule has 0 spiro atoms. The van der Waals surface area contributed by atoms with Gasteiger partial charge < -0.3 is 15.4 Å². The van der Waals surface area contributed by atoms with Gasteiger partial charge in [-0.3, -0.25) is 4.79 Å². The van der Waals surface area contributed by atoms with Crippen LogP contribution in [0.1, 0.15) is 39.2 Å². The second-order valence-corrected chi connectivity index (χ2v) is 5.55. The molecule has 0 fully saturated rings. The molecule has 5 nitrogen and oxygen atoms in total. The van der Waals surface area contributed by atoms with E-state index in [2.05, 4.69) is 10.1 Å². The fraction of sp³-hybridized carbons (Fsp3) is 0.500. The molecule has 24 heavy (non-hydrogen) atoms. The predicted molar refractivity (Wildman–Crippen MR) is 83.4 cm³/mol. The Balaban J connectivity index is 3.29. The van der Waals surface area contributed by atoms with Crippen LogP contribution in [0.2, 0.25) is 0 Å². The van der Waals surface area contributed by atoms with Crippen molar-refractivity contribution in [2.45, 2.75) is 45.5 Å². The number of esters is 1. The number of carbonyl (C=O) groups is 2. The molecule has 1 amide bonds. The molecule has 0 aliphatic rings. The molecule has 1 rings (SSSR count). The Morgan fingerprint density at radius 1 is 1.17 bits per heavy atom. The van der Waals surface area contributed by atoms with Crippen molar-refractivity contribution in [1.29, 1.82) is 0 Å². The Morgan fingerprint density at radius 3 is 2.08 bits per heavy atom. The minimum Gasteiger partial charge on any atom is -0.463 e. The number of alkyl halides is 3. The van der Waals surface area contributed by atoms with E-state index in [4.69, 9.17) is 0 Å². The average molecular weight is 346 g/mol. The fourth-order valence-electron chi connectivity index (χ4n) is 2.06. The van der Waals surface area contributed by atoms with Gasteiger partial charge in [0, 0.05) is 12.6 Å². The summed E-state index contributed by atoms with van der Waals surface area (Å²) in [5.74, 6) is -2.45. The number of amides is 1. The van der Waals surface area contributed by atoms with Gasteiger partial charge in [0.25, 0.3) is 0 Å². The highest BCUT2D eigenvalue weighted by molar-refractivity contribution is 5.90. The van der Waals surface area contributed by atoms with Gasteiger partial charge in [0.05, 0.1) is 6.61 Å². The van der Waals surface area contributed by atoms with Crippen molar-refractivity contribution in [2.24, 2.45) is 0 Å². The number of ether oxygens (including phenoxy) is 1. The maximum atomic E-state index is 13.6. The van der Waals surface area contributed by atoms with E-state index in [1.165, 1.54) is 19.1 Å². The van der Waals surface area contributed by atoms with Crippen LogP contribution in [0.15, 0.2) is 24.3 Å². The Kier molecular flexibility index (Phi) is 6.22. The van der Waals surface area contributed by atoms with Gasteiger partial charge in [-0.15, -0.1) is 0 Å². The van der Waals surface area contributed by atoms with Crippen molar-refractivity contribution in [3.8, 4) is 0 Å². The quantitative estimate of drug-likeness (QED) is 0.613. The summed E-state index contributed by atoms with van der Waals surface area (Å²) in [6.45, 7) is 5.90. The standard InChI is InChI=1S/C16H21F3N2O3/c1-5-24-14(23)15(16(17,18)19,20-11(4)22)21-13-8-6-12(7-9-13)10(2)3/h6-10,21H,5H2,1-4H3,(H,20,22)/t15-/m0/s1. The summed E-state index contributed by atoms with van der Waals surface area (Å²) < 4.78 is 45.4. The van der Waals surface area contributed by atoms with Gasteiger partial charge in [0.1, 0.15) is 0 Å². The molecule has 0 aliphatic heterocycles. The number of hydrogen-bond donors (Lipinski definition) is 2. The molecule has 1 aromatic carbocycles. The first-order chi connectivity index (χ1) is 11.0. The number of benzene rings is 1. The minimum atomic E-state index is -5.11. The van der Waals surface area contributed by atoms with Crippen molar-refractivity contribution < 1.29 is 27.5 Å². The maximum absolute atomic E-state index is 13.6. The lowest BCUT2D eigenvalue weighted by Gasteiger charge is -2.35. The lowest BCUT2D eigenvalue weighted by atomic mass is 10.0. The summed E-state index contributed by atoms with van der Waals surface area (Å²) in [5, 5.41) is 3.74. The first-order valence-electron chi connectivity index (χ1n) is 7.44. The highest BCUT2D eigenvalue weighted by atomic mass is 19.4. The largest absolute Gasteiger partial charge is 0.463 e. The smallest absolute Gasteiger partial charge is 0.441 e. The van der Waals surface area contributed by atoms with Crippen LogP contribution in [0.3, 0.4) is 0 Å². The third-order valence-corrected chi connectivity index (χ3v) is 3.28. The molecule has 0 aliphatic carbocycles. The predicted octanol–water partition coefficient (Wildman–Crippen LogP) is 3.18. The van der Waals surface area contributed by atoms with Crippen molar-refractivity contribution in [3.05, 3.63) is 29.8 Å². The molecule has 0 radical (unpaired) electrons. The number of halogens is 3. The Labute approximate surface area is 138 Å². The number of nitrogens with one attached hydrogen (secondary N) is 2. The van der Waals surface area contributed by atoms with Crippen molar-refractivity contribution in [3.63, 3.8) is 0 Å². The normalized spacial score (nSPS) is 14.0. The van der Waals surface area contributed by atoms with Crippen LogP contribution < -0.4 is 10.6 Å². The summed E-state index contributed by atoms with van der Waals surface area (Å²) in [5.41, 5.74) is -2.40. The van der Waals surface area contributed by atoms with Crippen LogP contribution in [-0.4, -0.2) is 30.3 Å². The number of rotatable bonds is 6. The summed E-state index contributed by atoms with van der Waals surface area (Å²) in [7, 11) is 0. The van der Waals surface area contributed by atoms with E-state index in [-0.39, 0.29) is 18.2 Å². The molecule has 0 heterocycles. The van der Waals surface area contributed by atoms with E-state index >= 15 is 0 Å². The molecular formula is C16H21F3N2O3. The van der Waals surface area contributed by atoms with Gasteiger partial charge in [0.15, 0.2) is 0 Å². The van der Waals surface area contributed by atoms with Crippen LogP contribution >= 0.6 is 0 Å². The Hall–Kier alpha value is -2.25. The third-order valence-electron chi connectivity index (χ3n) is 3.28. The van der Waals surface area contributed by atoms with Gasteiger partial charge >= 0.3 is 17.8 Å². The average Bonchev–Trinajstić information content (AvgIpc) is 2.45. The first kappa shape index (κ1) is 19.8. The topological polar surface area (TPSA) is 67.4 Å². The Morgan fingerprint density at radius 2 is 1.71 bits per heavy atom. The molecule has 1 atom stereocenters. The molecular weight excluding hydrogens is 325 g/mol. The summed E-state index contributed by atoms with van der Waals surface area (Å²) >= 11 is 0. The van der Waals surface area contributed by atoms with Crippen LogP contribution in [0.5, 0.6) is 0 Å². The molecule has 0 bridgehead atoms. The zero-order valence-electron chi connectivity index (χ0n) is 14.0. The van der Waals surface area contributed by atoms with Gasteiger partial charge in [-0.1, -0.05) is 26.0 Å². The Bertz CT molecular complexity index is 585. The van der Waals surface area contributed by atoms with Gasteiger partial charge in [-0.2, -0.15) is 13.2 Å². The lowest BCUT2D eigenvalue weighted by Crippen LogP contribution is -2.69. The zero-order valence-corrected chi connectivity index (χ0v) is 14.0. The summed E-state index contributed by atoms with van der Waals surface area (Å²) in [6, 6.07) is 6.12. The lowest BCUT2D eigenvalue weighted by molar-refractivity contribution is -0.207. The monoisotopic (exact) mass is 346 g/mol. The van der Waals surface area contributed by atoms with Crippen molar-refractivity contribution in [1.82, 2.24) is 5.32 Å². The SMILES string of the molecule is CCOC(=O)[C@](NC(C)=O)(Nc1ccc(C(C)C)cc1)C(F)(F)F. The van der Waals surface area contributed by atoms with Crippen molar-refractivity contribution >= 4 is 17.6 Å². The van der Waals surface area contributed by atoms with Crippen molar-refractivity contribution in [2.75, 3.05) is 11.9 Å². The van der Waals surface area contributed by atoms with E-state index in [0.717, 1.165) is 12.5 Å². The first-order valence-corrected chi connectivity index (χ1v) is 7.44. The van der Waals surface area contributed by atoms with Gasteiger partial charge in [-0.05, 0) is 30.5 Å². The summed E-state index contributed by atoms with van der Waals surface area (Å²) in [4.78, 5) is 23.3. The molecule has 134 valence electrons. The van der Waals surface area contributed by atoms with E-state index in [1.807, 2.05) is 13.8 Å². The van der Waals surface area contributed by atoms with E-state index in [1.54, 1.807) is 17.4 Å². The molecule has 2 N–H and O–H groups in total. The molecule has 8 heteroatoms. The minimum absolute atomic E-state index is 0.0264. The van der Waals surface area contributed by atoms with E-state index < -0.39 is 23.7 Å². The molecule has 0 unspecified atom stereocenters. The highest BCUT2D eigenvalue weighted by Gasteiger charge is 2.63. The molecule has 0 saturated carbocycles. The second-order valence-electron chi connectivity index (χ2n) is 5.55. The second kappa shape index (κ2) is 7.55. The summed E-state index contributed by atoms with van der Waals surface area (Å²) in [6.07, 6.45) is -5.11. The van der Waals surface area contributed by atoms with Crippen LogP contribution in [0.4, 0.5) is 18.9 Å².